The van der Waals surface area contributed by atoms with Gasteiger partial charge in [-0.25, -0.2) is 0 Å². The van der Waals surface area contributed by atoms with Gasteiger partial charge in [0.2, 0.25) is 0 Å². The van der Waals surface area contributed by atoms with Gasteiger partial charge in [-0.2, -0.15) is 0 Å². The summed E-state index contributed by atoms with van der Waals surface area (Å²) >= 11 is 0. The van der Waals surface area contributed by atoms with Gasteiger partial charge in [-0.15, -0.1) is 0 Å². The smallest absolute Gasteiger partial charge is 0.161 e. The molecule has 0 aliphatic carbocycles. The summed E-state index contributed by atoms with van der Waals surface area (Å²) in [4.78, 5) is 2.31. The molecule has 1 saturated heterocycles. The third-order valence-corrected chi connectivity index (χ3v) is 3.94. The van der Waals surface area contributed by atoms with Crippen LogP contribution in [0.2, 0.25) is 0 Å². The Hall–Kier alpha value is -1.01. The first-order valence-electron chi connectivity index (χ1n) is 7.92. The lowest BCUT2D eigenvalue weighted by molar-refractivity contribution is -0.0000125. The highest BCUT2D eigenvalue weighted by atomic mass is 35.5. The SMILES string of the molecule is COc1ccc(COCC(O)CN2CCCCC2)cc1OC.[Cl-]. The lowest BCUT2D eigenvalue weighted by Crippen LogP contribution is -3.00. The van der Waals surface area contributed by atoms with E-state index in [0.29, 0.717) is 31.3 Å². The van der Waals surface area contributed by atoms with Gasteiger partial charge < -0.3 is 36.6 Å². The number of aliphatic hydroxyl groups excluding tert-OH is 1. The van der Waals surface area contributed by atoms with Gasteiger partial charge in [0.1, 0.15) is 0 Å². The summed E-state index contributed by atoms with van der Waals surface area (Å²) < 4.78 is 16.1. The van der Waals surface area contributed by atoms with Crippen molar-refractivity contribution in [2.45, 2.75) is 32.0 Å². The maximum atomic E-state index is 10.1. The predicted molar refractivity (Wildman–Crippen MR) is 85.5 cm³/mol. The molecule has 1 aliphatic heterocycles. The fourth-order valence-corrected chi connectivity index (χ4v) is 2.78. The predicted octanol–water partition coefficient (Wildman–Crippen LogP) is -0.929. The van der Waals surface area contributed by atoms with Crippen LogP contribution < -0.4 is 21.9 Å². The summed E-state index contributed by atoms with van der Waals surface area (Å²) in [5, 5.41) is 10.1. The Morgan fingerprint density at radius 3 is 2.43 bits per heavy atom. The van der Waals surface area contributed by atoms with E-state index < -0.39 is 6.10 Å². The van der Waals surface area contributed by atoms with Crippen LogP contribution in [0.25, 0.3) is 0 Å². The number of β-amino-alcohol motifs (C(OH)–C–C–N with tert-alkyl or cyclic N) is 1. The molecule has 1 aromatic rings. The standard InChI is InChI=1S/C17H27NO4.ClH/c1-20-16-7-6-14(10-17(16)21-2)12-22-13-15(19)11-18-8-4-3-5-9-18;/h6-7,10,15,19H,3-5,8-9,11-13H2,1-2H3;1H/p-1. The summed E-state index contributed by atoms with van der Waals surface area (Å²) in [5.41, 5.74) is 1.00. The monoisotopic (exact) mass is 344 g/mol. The Morgan fingerprint density at radius 1 is 1.09 bits per heavy atom. The number of nitrogens with zero attached hydrogens (tertiary/aromatic N) is 1. The molecule has 6 heteroatoms. The molecule has 0 bridgehead atoms. The average molecular weight is 345 g/mol. The number of aliphatic hydroxyl groups is 1. The van der Waals surface area contributed by atoms with Gasteiger partial charge in [0.25, 0.3) is 0 Å². The average Bonchev–Trinajstić information content (AvgIpc) is 2.55. The Morgan fingerprint density at radius 2 is 1.78 bits per heavy atom. The number of ether oxygens (including phenoxy) is 3. The van der Waals surface area contributed by atoms with E-state index in [1.54, 1.807) is 14.2 Å². The second-order valence-corrected chi connectivity index (χ2v) is 5.72. The van der Waals surface area contributed by atoms with Crippen molar-refractivity contribution in [2.24, 2.45) is 0 Å². The Labute approximate surface area is 144 Å². The highest BCUT2D eigenvalue weighted by molar-refractivity contribution is 5.42. The van der Waals surface area contributed by atoms with Crippen molar-refractivity contribution in [3.8, 4) is 11.5 Å². The summed E-state index contributed by atoms with van der Waals surface area (Å²) in [6.45, 7) is 3.69. The quantitative estimate of drug-likeness (QED) is 0.660. The molecule has 1 aliphatic rings. The number of hydrogen-bond acceptors (Lipinski definition) is 5. The number of hydrogen-bond donors (Lipinski definition) is 1. The summed E-state index contributed by atoms with van der Waals surface area (Å²) in [6.07, 6.45) is 3.35. The lowest BCUT2D eigenvalue weighted by atomic mass is 10.1. The molecule has 5 nitrogen and oxygen atoms in total. The van der Waals surface area contributed by atoms with Gasteiger partial charge in [0, 0.05) is 6.54 Å². The Kier molecular flexibility index (Phi) is 9.33. The molecular formula is C17H27ClNO4-. The van der Waals surface area contributed by atoms with Crippen molar-refractivity contribution in [3.63, 3.8) is 0 Å². The zero-order chi connectivity index (χ0) is 15.8. The number of rotatable bonds is 8. The number of likely N-dealkylation sites (tertiary alicyclic amines) is 1. The minimum Gasteiger partial charge on any atom is -1.00 e. The van der Waals surface area contributed by atoms with E-state index in [4.69, 9.17) is 14.2 Å². The largest absolute Gasteiger partial charge is 1.00 e. The first-order valence-corrected chi connectivity index (χ1v) is 7.92. The first-order chi connectivity index (χ1) is 10.7. The summed E-state index contributed by atoms with van der Waals surface area (Å²) in [5.74, 6) is 1.40. The zero-order valence-corrected chi connectivity index (χ0v) is 14.7. The van der Waals surface area contributed by atoms with Crippen molar-refractivity contribution >= 4 is 0 Å². The number of benzene rings is 1. The Bertz CT molecular complexity index is 452. The maximum absolute atomic E-state index is 10.1. The number of methoxy groups -OCH3 is 2. The zero-order valence-electron chi connectivity index (χ0n) is 14.0. The van der Waals surface area contributed by atoms with Crippen LogP contribution in [-0.2, 0) is 11.3 Å². The van der Waals surface area contributed by atoms with Crippen molar-refractivity contribution in [3.05, 3.63) is 23.8 Å². The summed E-state index contributed by atoms with van der Waals surface area (Å²) in [7, 11) is 3.23. The van der Waals surface area contributed by atoms with Crippen molar-refractivity contribution < 1.29 is 31.7 Å². The van der Waals surface area contributed by atoms with E-state index in [1.165, 1.54) is 19.3 Å². The van der Waals surface area contributed by atoms with E-state index in [1.807, 2.05) is 18.2 Å². The van der Waals surface area contributed by atoms with E-state index in [9.17, 15) is 5.11 Å². The van der Waals surface area contributed by atoms with Gasteiger partial charge in [0.15, 0.2) is 11.5 Å². The Balaban J connectivity index is 0.00000264. The van der Waals surface area contributed by atoms with Crippen LogP contribution in [0.4, 0.5) is 0 Å². The molecule has 1 aromatic carbocycles. The van der Waals surface area contributed by atoms with Crippen molar-refractivity contribution in [1.29, 1.82) is 0 Å². The molecule has 1 heterocycles. The molecule has 23 heavy (non-hydrogen) atoms. The molecule has 1 fully saturated rings. The van der Waals surface area contributed by atoms with E-state index in [-0.39, 0.29) is 12.4 Å². The second kappa shape index (κ2) is 10.7. The maximum Gasteiger partial charge on any atom is 0.161 e. The van der Waals surface area contributed by atoms with Crippen LogP contribution in [-0.4, -0.2) is 56.6 Å². The molecule has 0 spiro atoms. The van der Waals surface area contributed by atoms with Crippen molar-refractivity contribution in [2.75, 3.05) is 40.5 Å². The minimum atomic E-state index is -0.432. The van der Waals surface area contributed by atoms with E-state index in [2.05, 4.69) is 4.90 Å². The molecule has 0 aromatic heterocycles. The van der Waals surface area contributed by atoms with E-state index in [0.717, 1.165) is 18.7 Å². The van der Waals surface area contributed by atoms with Gasteiger partial charge >= 0.3 is 0 Å². The number of halogens is 1. The molecule has 1 N–H and O–H groups in total. The molecule has 2 rings (SSSR count). The molecule has 0 amide bonds. The fraction of sp³-hybridized carbons (Fsp3) is 0.647. The van der Waals surface area contributed by atoms with E-state index >= 15 is 0 Å². The third-order valence-electron chi connectivity index (χ3n) is 3.94. The molecule has 0 saturated carbocycles. The highest BCUT2D eigenvalue weighted by Crippen LogP contribution is 2.27. The molecule has 132 valence electrons. The fourth-order valence-electron chi connectivity index (χ4n) is 2.78. The van der Waals surface area contributed by atoms with Crippen LogP contribution >= 0.6 is 0 Å². The minimum absolute atomic E-state index is 0. The normalized spacial score (nSPS) is 16.5. The van der Waals surface area contributed by atoms with Gasteiger partial charge in [-0.3, -0.25) is 0 Å². The number of piperidine rings is 1. The van der Waals surface area contributed by atoms with Crippen LogP contribution in [0.5, 0.6) is 11.5 Å². The molecule has 1 atom stereocenters. The third kappa shape index (κ3) is 6.55. The first kappa shape index (κ1) is 20.0. The highest BCUT2D eigenvalue weighted by Gasteiger charge is 2.14. The van der Waals surface area contributed by atoms with Crippen LogP contribution in [0.3, 0.4) is 0 Å². The van der Waals surface area contributed by atoms with Gasteiger partial charge in [-0.1, -0.05) is 12.5 Å². The second-order valence-electron chi connectivity index (χ2n) is 5.72. The van der Waals surface area contributed by atoms with Gasteiger partial charge in [-0.05, 0) is 43.6 Å². The molecular weight excluding hydrogens is 318 g/mol. The van der Waals surface area contributed by atoms with Crippen LogP contribution in [0, 0.1) is 0 Å². The topological polar surface area (TPSA) is 51.2 Å². The van der Waals surface area contributed by atoms with Crippen LogP contribution in [0.1, 0.15) is 24.8 Å². The van der Waals surface area contributed by atoms with Crippen LogP contribution in [0.15, 0.2) is 18.2 Å². The molecule has 0 radical (unpaired) electrons. The molecule has 1 unspecified atom stereocenters. The summed E-state index contributed by atoms with van der Waals surface area (Å²) in [6, 6.07) is 5.70. The van der Waals surface area contributed by atoms with Crippen molar-refractivity contribution in [1.82, 2.24) is 4.90 Å². The lowest BCUT2D eigenvalue weighted by Gasteiger charge is -2.28. The van der Waals surface area contributed by atoms with Gasteiger partial charge in [0.05, 0.1) is 33.5 Å².